The molecule has 6 nitrogen and oxygen atoms in total. The predicted octanol–water partition coefficient (Wildman–Crippen LogP) is 4.14. The number of halogens is 1. The number of hydrogen-bond acceptors (Lipinski definition) is 6. The highest BCUT2D eigenvalue weighted by Gasteiger charge is 2.35. The third kappa shape index (κ3) is 4.75. The average molecular weight is 411 g/mol. The molecule has 0 spiro atoms. The Morgan fingerprint density at radius 3 is 2.81 bits per heavy atom. The summed E-state index contributed by atoms with van der Waals surface area (Å²) in [6.45, 7) is 3.74. The minimum absolute atomic E-state index is 0.0659. The average Bonchev–Trinajstić information content (AvgIpc) is 3.33. The van der Waals surface area contributed by atoms with Gasteiger partial charge in [-0.15, -0.1) is 10.2 Å². The lowest BCUT2D eigenvalue weighted by molar-refractivity contribution is -0.118. The Labute approximate surface area is 165 Å². The maximum absolute atomic E-state index is 12.2. The molecule has 0 radical (unpaired) electrons. The molecule has 1 aromatic heterocycles. The minimum atomic E-state index is -0.124. The third-order valence-corrected chi connectivity index (χ3v) is 6.17. The summed E-state index contributed by atoms with van der Waals surface area (Å²) in [5.74, 6) is 0.166. The lowest BCUT2D eigenvalue weighted by Gasteiger charge is -2.17. The first-order chi connectivity index (χ1) is 12.5. The number of thioether (sulfide) groups is 1. The minimum Gasteiger partial charge on any atom is -0.325 e. The Bertz CT molecular complexity index is 823. The van der Waals surface area contributed by atoms with Gasteiger partial charge in [0.25, 0.3) is 0 Å². The Balaban J connectivity index is 1.57. The van der Waals surface area contributed by atoms with Gasteiger partial charge in [0.15, 0.2) is 4.34 Å². The molecule has 0 atom stereocenters. The van der Waals surface area contributed by atoms with Crippen molar-refractivity contribution in [3.8, 4) is 0 Å². The van der Waals surface area contributed by atoms with Gasteiger partial charge in [0.05, 0.1) is 5.75 Å². The standard InChI is InChI=1S/C17H19ClN4O2S2/c1-3-15(24)22(12-5-6-12)16-20-21-17(26-16)25-9-14(23)19-13-7-4-11(18)8-10(13)2/h4,7-8,12H,3,5-6,9H2,1-2H3,(H,19,23). The van der Waals surface area contributed by atoms with Gasteiger partial charge in [0.1, 0.15) is 0 Å². The summed E-state index contributed by atoms with van der Waals surface area (Å²) in [5, 5.41) is 12.4. The Hall–Kier alpha value is -1.64. The van der Waals surface area contributed by atoms with Crippen LogP contribution in [0.5, 0.6) is 0 Å². The molecule has 1 aromatic carbocycles. The van der Waals surface area contributed by atoms with Gasteiger partial charge in [-0.2, -0.15) is 0 Å². The summed E-state index contributed by atoms with van der Waals surface area (Å²) in [6.07, 6.45) is 2.47. The molecule has 1 aliphatic carbocycles. The summed E-state index contributed by atoms with van der Waals surface area (Å²) in [5.41, 5.74) is 1.65. The summed E-state index contributed by atoms with van der Waals surface area (Å²) in [6, 6.07) is 5.58. The molecule has 138 valence electrons. The zero-order valence-electron chi connectivity index (χ0n) is 14.5. The molecule has 0 bridgehead atoms. The van der Waals surface area contributed by atoms with Crippen LogP contribution in [0.1, 0.15) is 31.7 Å². The van der Waals surface area contributed by atoms with Crippen molar-refractivity contribution in [2.75, 3.05) is 16.0 Å². The predicted molar refractivity (Wildman–Crippen MR) is 106 cm³/mol. The molecule has 0 saturated heterocycles. The molecular formula is C17H19ClN4O2S2. The molecule has 1 heterocycles. The Morgan fingerprint density at radius 1 is 1.38 bits per heavy atom. The van der Waals surface area contributed by atoms with Crippen molar-refractivity contribution in [1.29, 1.82) is 0 Å². The zero-order chi connectivity index (χ0) is 18.7. The summed E-state index contributed by atoms with van der Waals surface area (Å²) in [7, 11) is 0. The second kappa shape index (κ2) is 8.37. The van der Waals surface area contributed by atoms with E-state index in [1.165, 1.54) is 23.1 Å². The molecule has 9 heteroatoms. The van der Waals surface area contributed by atoms with E-state index in [2.05, 4.69) is 15.5 Å². The van der Waals surface area contributed by atoms with Crippen molar-refractivity contribution < 1.29 is 9.59 Å². The maximum Gasteiger partial charge on any atom is 0.234 e. The molecule has 26 heavy (non-hydrogen) atoms. The Kier molecular flexibility index (Phi) is 6.16. The first-order valence-corrected chi connectivity index (χ1v) is 10.5. The van der Waals surface area contributed by atoms with Crippen LogP contribution in [0.2, 0.25) is 5.02 Å². The van der Waals surface area contributed by atoms with Crippen molar-refractivity contribution in [3.05, 3.63) is 28.8 Å². The van der Waals surface area contributed by atoms with Gasteiger partial charge in [0.2, 0.25) is 16.9 Å². The number of nitrogens with one attached hydrogen (secondary N) is 1. The second-order valence-electron chi connectivity index (χ2n) is 6.00. The van der Waals surface area contributed by atoms with Crippen molar-refractivity contribution in [2.45, 2.75) is 43.5 Å². The molecule has 0 aliphatic heterocycles. The number of aromatic nitrogens is 2. The highest BCUT2D eigenvalue weighted by atomic mass is 35.5. The van der Waals surface area contributed by atoms with Gasteiger partial charge in [0, 0.05) is 23.2 Å². The van der Waals surface area contributed by atoms with Gasteiger partial charge >= 0.3 is 0 Å². The number of amides is 2. The van der Waals surface area contributed by atoms with Crippen LogP contribution >= 0.6 is 34.7 Å². The van der Waals surface area contributed by atoms with Crippen LogP contribution in [0.25, 0.3) is 0 Å². The van der Waals surface area contributed by atoms with Gasteiger partial charge in [-0.25, -0.2) is 0 Å². The number of anilines is 2. The van der Waals surface area contributed by atoms with Gasteiger partial charge in [-0.3, -0.25) is 14.5 Å². The first kappa shape index (κ1) is 19.1. The molecule has 1 N–H and O–H groups in total. The van der Waals surface area contributed by atoms with Gasteiger partial charge in [-0.1, -0.05) is 41.6 Å². The monoisotopic (exact) mass is 410 g/mol. The lowest BCUT2D eigenvalue weighted by Crippen LogP contribution is -2.32. The number of carbonyl (C=O) groups excluding carboxylic acids is 2. The Morgan fingerprint density at radius 2 is 2.15 bits per heavy atom. The molecular weight excluding hydrogens is 392 g/mol. The van der Waals surface area contributed by atoms with E-state index in [0.29, 0.717) is 20.9 Å². The fourth-order valence-corrected chi connectivity index (χ4v) is 4.37. The second-order valence-corrected chi connectivity index (χ2v) is 8.61. The number of nitrogens with zero attached hydrogens (tertiary/aromatic N) is 3. The van der Waals surface area contributed by atoms with Crippen LogP contribution in [0.4, 0.5) is 10.8 Å². The third-order valence-electron chi connectivity index (χ3n) is 3.87. The van der Waals surface area contributed by atoms with Crippen molar-refractivity contribution in [2.24, 2.45) is 0 Å². The van der Waals surface area contributed by atoms with Crippen LogP contribution in [0, 0.1) is 6.92 Å². The van der Waals surface area contributed by atoms with E-state index in [4.69, 9.17) is 11.6 Å². The van der Waals surface area contributed by atoms with Crippen LogP contribution in [-0.2, 0) is 9.59 Å². The van der Waals surface area contributed by atoms with Gasteiger partial charge < -0.3 is 5.32 Å². The largest absolute Gasteiger partial charge is 0.325 e. The summed E-state index contributed by atoms with van der Waals surface area (Å²) < 4.78 is 0.678. The van der Waals surface area contributed by atoms with E-state index in [-0.39, 0.29) is 23.6 Å². The van der Waals surface area contributed by atoms with E-state index in [0.717, 1.165) is 24.1 Å². The SMILES string of the molecule is CCC(=O)N(c1nnc(SCC(=O)Nc2ccc(Cl)cc2C)s1)C1CC1. The fraction of sp³-hybridized carbons (Fsp3) is 0.412. The molecule has 2 amide bonds. The maximum atomic E-state index is 12.2. The number of hydrogen-bond donors (Lipinski definition) is 1. The highest BCUT2D eigenvalue weighted by Crippen LogP contribution is 2.36. The van der Waals surface area contributed by atoms with Crippen molar-refractivity contribution >= 4 is 57.3 Å². The van der Waals surface area contributed by atoms with Crippen LogP contribution in [-0.4, -0.2) is 33.8 Å². The summed E-state index contributed by atoms with van der Waals surface area (Å²) in [4.78, 5) is 26.0. The molecule has 1 aliphatic rings. The first-order valence-electron chi connectivity index (χ1n) is 8.32. The number of carbonyl (C=O) groups is 2. The van der Waals surface area contributed by atoms with Gasteiger partial charge in [-0.05, 0) is 43.5 Å². The molecule has 3 rings (SSSR count). The number of benzene rings is 1. The number of aryl methyl sites for hydroxylation is 1. The molecule has 1 saturated carbocycles. The van der Waals surface area contributed by atoms with Crippen molar-refractivity contribution in [1.82, 2.24) is 10.2 Å². The fourth-order valence-electron chi connectivity index (χ4n) is 2.41. The smallest absolute Gasteiger partial charge is 0.234 e. The van der Waals surface area contributed by atoms with E-state index < -0.39 is 0 Å². The van der Waals surface area contributed by atoms with E-state index in [1.54, 1.807) is 23.1 Å². The topological polar surface area (TPSA) is 75.2 Å². The molecule has 2 aromatic rings. The van der Waals surface area contributed by atoms with Crippen LogP contribution in [0.3, 0.4) is 0 Å². The normalized spacial score (nSPS) is 13.5. The van der Waals surface area contributed by atoms with E-state index in [9.17, 15) is 9.59 Å². The van der Waals surface area contributed by atoms with Crippen LogP contribution in [0.15, 0.2) is 22.5 Å². The van der Waals surface area contributed by atoms with Crippen molar-refractivity contribution in [3.63, 3.8) is 0 Å². The quantitative estimate of drug-likeness (QED) is 0.548. The number of rotatable bonds is 7. The van der Waals surface area contributed by atoms with E-state index >= 15 is 0 Å². The zero-order valence-corrected chi connectivity index (χ0v) is 16.9. The summed E-state index contributed by atoms with van der Waals surface area (Å²) >= 11 is 8.59. The van der Waals surface area contributed by atoms with Crippen LogP contribution < -0.4 is 10.2 Å². The lowest BCUT2D eigenvalue weighted by atomic mass is 10.2. The molecule has 0 unspecified atom stereocenters. The molecule has 1 fully saturated rings. The van der Waals surface area contributed by atoms with E-state index in [1.807, 2.05) is 13.8 Å². The highest BCUT2D eigenvalue weighted by molar-refractivity contribution is 8.01.